The minimum Gasteiger partial charge on any atom is -0.497 e. The SMILES string of the molecule is COc1ccc(C#CCCCCCCCCI)cc1. The van der Waals surface area contributed by atoms with Crippen molar-refractivity contribution in [3.8, 4) is 17.6 Å². The molecule has 0 heterocycles. The molecule has 1 aromatic rings. The maximum atomic E-state index is 5.12. The maximum Gasteiger partial charge on any atom is 0.118 e. The summed E-state index contributed by atoms with van der Waals surface area (Å²) in [6, 6.07) is 7.93. The summed E-state index contributed by atoms with van der Waals surface area (Å²) in [7, 11) is 1.68. The molecule has 0 aliphatic rings. The molecule has 1 aromatic carbocycles. The summed E-state index contributed by atoms with van der Waals surface area (Å²) < 4.78 is 6.42. The Morgan fingerprint density at radius 2 is 1.58 bits per heavy atom. The Labute approximate surface area is 131 Å². The summed E-state index contributed by atoms with van der Waals surface area (Å²) >= 11 is 2.45. The van der Waals surface area contributed by atoms with Gasteiger partial charge in [-0.15, -0.1) is 0 Å². The van der Waals surface area contributed by atoms with Crippen molar-refractivity contribution in [3.05, 3.63) is 29.8 Å². The number of halogens is 1. The number of rotatable bonds is 8. The minimum absolute atomic E-state index is 0.886. The fraction of sp³-hybridized carbons (Fsp3) is 0.529. The minimum atomic E-state index is 0.886. The van der Waals surface area contributed by atoms with Crippen LogP contribution in [0.15, 0.2) is 24.3 Å². The summed E-state index contributed by atoms with van der Waals surface area (Å²) in [5, 5.41) is 0. The number of unbranched alkanes of at least 4 members (excludes halogenated alkanes) is 6. The molecule has 0 saturated heterocycles. The zero-order valence-corrected chi connectivity index (χ0v) is 13.9. The monoisotopic (exact) mass is 370 g/mol. The highest BCUT2D eigenvalue weighted by Crippen LogP contribution is 2.11. The third-order valence-corrected chi connectivity index (χ3v) is 3.77. The number of ether oxygens (including phenoxy) is 1. The van der Waals surface area contributed by atoms with Crippen LogP contribution in [0.1, 0.15) is 50.5 Å². The molecular weight excluding hydrogens is 347 g/mol. The number of hydrogen-bond donors (Lipinski definition) is 0. The molecule has 0 aliphatic heterocycles. The van der Waals surface area contributed by atoms with Crippen molar-refractivity contribution < 1.29 is 4.74 Å². The summed E-state index contributed by atoms with van der Waals surface area (Å²) in [5.74, 6) is 7.34. The van der Waals surface area contributed by atoms with E-state index in [-0.39, 0.29) is 0 Å². The third-order valence-electron chi connectivity index (χ3n) is 3.01. The van der Waals surface area contributed by atoms with Gasteiger partial charge >= 0.3 is 0 Å². The van der Waals surface area contributed by atoms with Crippen molar-refractivity contribution >= 4 is 22.6 Å². The van der Waals surface area contributed by atoms with E-state index in [1.807, 2.05) is 24.3 Å². The van der Waals surface area contributed by atoms with Crippen molar-refractivity contribution in [2.45, 2.75) is 44.9 Å². The highest BCUT2D eigenvalue weighted by molar-refractivity contribution is 14.1. The van der Waals surface area contributed by atoms with Crippen LogP contribution in [0.2, 0.25) is 0 Å². The van der Waals surface area contributed by atoms with Crippen LogP contribution in [0.25, 0.3) is 0 Å². The van der Waals surface area contributed by atoms with Crippen molar-refractivity contribution in [1.82, 2.24) is 0 Å². The van der Waals surface area contributed by atoms with Crippen molar-refractivity contribution in [2.24, 2.45) is 0 Å². The first-order valence-electron chi connectivity index (χ1n) is 7.05. The molecule has 0 bridgehead atoms. The summed E-state index contributed by atoms with van der Waals surface area (Å²) in [6.07, 6.45) is 9.07. The molecule has 0 unspecified atom stereocenters. The van der Waals surface area contributed by atoms with Gasteiger partial charge < -0.3 is 4.74 Å². The van der Waals surface area contributed by atoms with Gasteiger partial charge in [0.05, 0.1) is 7.11 Å². The van der Waals surface area contributed by atoms with Crippen LogP contribution in [0, 0.1) is 11.8 Å². The van der Waals surface area contributed by atoms with Gasteiger partial charge in [0.2, 0.25) is 0 Å². The van der Waals surface area contributed by atoms with E-state index < -0.39 is 0 Å². The van der Waals surface area contributed by atoms with Gasteiger partial charge in [-0.05, 0) is 41.5 Å². The van der Waals surface area contributed by atoms with E-state index in [1.54, 1.807) is 7.11 Å². The summed E-state index contributed by atoms with van der Waals surface area (Å²) in [6.45, 7) is 0. The Hall–Kier alpha value is -0.690. The van der Waals surface area contributed by atoms with E-state index in [4.69, 9.17) is 4.74 Å². The van der Waals surface area contributed by atoms with Crippen LogP contribution in [-0.4, -0.2) is 11.5 Å². The van der Waals surface area contributed by atoms with Crippen LogP contribution in [-0.2, 0) is 0 Å². The Morgan fingerprint density at radius 3 is 2.21 bits per heavy atom. The molecule has 0 spiro atoms. The van der Waals surface area contributed by atoms with E-state index in [0.717, 1.165) is 17.7 Å². The standard InChI is InChI=1S/C17H23IO/c1-19-17-13-11-16(12-14-17)10-8-6-4-2-3-5-7-9-15-18/h11-14H,2-7,9,15H2,1H3. The zero-order valence-electron chi connectivity index (χ0n) is 11.8. The van der Waals surface area contributed by atoms with Gasteiger partial charge in [-0.2, -0.15) is 0 Å². The summed E-state index contributed by atoms with van der Waals surface area (Å²) in [5.41, 5.74) is 1.07. The lowest BCUT2D eigenvalue weighted by molar-refractivity contribution is 0.415. The normalized spacial score (nSPS) is 9.79. The molecule has 0 amide bonds. The predicted molar refractivity (Wildman–Crippen MR) is 91.1 cm³/mol. The average molecular weight is 370 g/mol. The zero-order chi connectivity index (χ0) is 13.8. The predicted octanol–water partition coefficient (Wildman–Crippen LogP) is 5.21. The van der Waals surface area contributed by atoms with E-state index >= 15 is 0 Å². The van der Waals surface area contributed by atoms with Gasteiger partial charge in [0, 0.05) is 12.0 Å². The van der Waals surface area contributed by atoms with Gasteiger partial charge in [-0.25, -0.2) is 0 Å². The van der Waals surface area contributed by atoms with Gasteiger partial charge in [-0.3, -0.25) is 0 Å². The molecule has 0 atom stereocenters. The Bertz CT molecular complexity index is 386. The number of alkyl halides is 1. The molecule has 0 aromatic heterocycles. The molecule has 1 rings (SSSR count). The fourth-order valence-electron chi connectivity index (χ4n) is 1.85. The van der Waals surface area contributed by atoms with Crippen LogP contribution < -0.4 is 4.74 Å². The molecule has 104 valence electrons. The number of methoxy groups -OCH3 is 1. The topological polar surface area (TPSA) is 9.23 Å². The Kier molecular flexibility index (Phi) is 9.61. The van der Waals surface area contributed by atoms with Gasteiger partial charge in [0.15, 0.2) is 0 Å². The van der Waals surface area contributed by atoms with Crippen molar-refractivity contribution in [3.63, 3.8) is 0 Å². The quantitative estimate of drug-likeness (QED) is 0.264. The van der Waals surface area contributed by atoms with E-state index in [1.165, 1.54) is 43.0 Å². The van der Waals surface area contributed by atoms with Gasteiger partial charge in [-0.1, -0.05) is 60.1 Å². The van der Waals surface area contributed by atoms with Crippen LogP contribution in [0.4, 0.5) is 0 Å². The molecular formula is C17H23IO. The molecule has 1 nitrogen and oxygen atoms in total. The van der Waals surface area contributed by atoms with Crippen molar-refractivity contribution in [2.75, 3.05) is 11.5 Å². The molecule has 0 saturated carbocycles. The Morgan fingerprint density at radius 1 is 0.947 bits per heavy atom. The third kappa shape index (κ3) is 8.15. The lowest BCUT2D eigenvalue weighted by atomic mass is 10.1. The largest absolute Gasteiger partial charge is 0.497 e. The molecule has 0 radical (unpaired) electrons. The van der Waals surface area contributed by atoms with E-state index in [0.29, 0.717) is 0 Å². The van der Waals surface area contributed by atoms with E-state index in [2.05, 4.69) is 34.4 Å². The Balaban J connectivity index is 2.10. The fourth-order valence-corrected chi connectivity index (χ4v) is 2.39. The molecule has 0 fully saturated rings. The highest BCUT2D eigenvalue weighted by atomic mass is 127. The first-order chi connectivity index (χ1) is 9.36. The average Bonchev–Trinajstić information content (AvgIpc) is 2.46. The molecule has 0 N–H and O–H groups in total. The lowest BCUT2D eigenvalue weighted by Crippen LogP contribution is -1.82. The van der Waals surface area contributed by atoms with E-state index in [9.17, 15) is 0 Å². The van der Waals surface area contributed by atoms with Gasteiger partial charge in [0.25, 0.3) is 0 Å². The van der Waals surface area contributed by atoms with Crippen LogP contribution in [0.5, 0.6) is 5.75 Å². The lowest BCUT2D eigenvalue weighted by Gasteiger charge is -1.98. The molecule has 0 aliphatic carbocycles. The number of hydrogen-bond acceptors (Lipinski definition) is 1. The first-order valence-corrected chi connectivity index (χ1v) is 8.58. The first kappa shape index (κ1) is 16.4. The van der Waals surface area contributed by atoms with Gasteiger partial charge in [0.1, 0.15) is 5.75 Å². The molecule has 2 heteroatoms. The second kappa shape index (κ2) is 11.2. The van der Waals surface area contributed by atoms with Crippen LogP contribution in [0.3, 0.4) is 0 Å². The smallest absolute Gasteiger partial charge is 0.118 e. The highest BCUT2D eigenvalue weighted by Gasteiger charge is 1.91. The second-order valence-corrected chi connectivity index (χ2v) is 5.67. The second-order valence-electron chi connectivity index (χ2n) is 4.59. The maximum absolute atomic E-state index is 5.12. The van der Waals surface area contributed by atoms with Crippen molar-refractivity contribution in [1.29, 1.82) is 0 Å². The summed E-state index contributed by atoms with van der Waals surface area (Å²) in [4.78, 5) is 0. The van der Waals surface area contributed by atoms with Crippen LogP contribution >= 0.6 is 22.6 Å². The number of benzene rings is 1. The molecule has 19 heavy (non-hydrogen) atoms.